The summed E-state index contributed by atoms with van der Waals surface area (Å²) in [5.74, 6) is 6.30. The van der Waals surface area contributed by atoms with Crippen LogP contribution in [0.1, 0.15) is 47.0 Å². The summed E-state index contributed by atoms with van der Waals surface area (Å²) in [4.78, 5) is 8.62. The Kier molecular flexibility index (Phi) is 7.25. The zero-order chi connectivity index (χ0) is 49.0. The van der Waals surface area contributed by atoms with Gasteiger partial charge in [0.1, 0.15) is 0 Å². The van der Waals surface area contributed by atoms with Gasteiger partial charge in [0.2, 0.25) is 0 Å². The Morgan fingerprint density at radius 3 is 2.30 bits per heavy atom. The van der Waals surface area contributed by atoms with Crippen molar-refractivity contribution in [1.82, 2.24) is 9.97 Å². The van der Waals surface area contributed by atoms with Crippen molar-refractivity contribution in [1.29, 1.82) is 5.26 Å². The molecule has 1 radical (unpaired) electrons. The summed E-state index contributed by atoms with van der Waals surface area (Å²) < 4.78 is 119. The van der Waals surface area contributed by atoms with E-state index in [1.807, 2.05) is 36.4 Å². The summed E-state index contributed by atoms with van der Waals surface area (Å²) in [6, 6.07) is 34.9. The van der Waals surface area contributed by atoms with Crippen molar-refractivity contribution >= 4 is 39.6 Å². The molecule has 0 amide bonds. The van der Waals surface area contributed by atoms with Gasteiger partial charge in [0.25, 0.3) is 0 Å². The van der Waals surface area contributed by atoms with Crippen molar-refractivity contribution in [2.24, 2.45) is 0 Å². The molecule has 4 nitrogen and oxygen atoms in total. The Hall–Kier alpha value is -5.12. The van der Waals surface area contributed by atoms with Crippen LogP contribution in [0.4, 0.5) is 0 Å². The summed E-state index contributed by atoms with van der Waals surface area (Å²) in [7, 11) is 0. The number of nitrogens with zero attached hydrogens (tertiary/aromatic N) is 3. The predicted molar refractivity (Wildman–Crippen MR) is 222 cm³/mol. The van der Waals surface area contributed by atoms with Crippen LogP contribution in [0, 0.1) is 50.9 Å². The van der Waals surface area contributed by atoms with E-state index in [1.54, 1.807) is 48.5 Å². The average Bonchev–Trinajstić information content (AvgIpc) is 3.65. The molecule has 0 atom stereocenters. The second kappa shape index (κ2) is 16.1. The van der Waals surface area contributed by atoms with Gasteiger partial charge in [-0.3, -0.25) is 0 Å². The molecule has 0 spiro atoms. The van der Waals surface area contributed by atoms with Crippen LogP contribution >= 0.6 is 0 Å². The van der Waals surface area contributed by atoms with Crippen LogP contribution in [0.15, 0.2) is 126 Å². The number of rotatable bonds is 5. The molecule has 8 aromatic rings. The molecule has 0 saturated heterocycles. The molecule has 3 heterocycles. The molecular weight excluding hydrogens is 899 g/mol. The van der Waals surface area contributed by atoms with Gasteiger partial charge in [-0.1, -0.05) is 54.9 Å². The molecule has 5 aromatic carbocycles. The van der Waals surface area contributed by atoms with Crippen molar-refractivity contribution in [3.63, 3.8) is 0 Å². The van der Waals surface area contributed by atoms with Gasteiger partial charge in [-0.15, -0.1) is 29.3 Å². The number of furan rings is 1. The van der Waals surface area contributed by atoms with Crippen molar-refractivity contribution < 1.29 is 43.7 Å². The number of hydrogen-bond acceptors (Lipinski definition) is 4. The van der Waals surface area contributed by atoms with Crippen molar-refractivity contribution in [2.75, 3.05) is 0 Å². The van der Waals surface area contributed by atoms with E-state index in [1.165, 1.54) is 30.6 Å². The molecule has 3 aromatic heterocycles. The minimum atomic E-state index is -2.64. The molecule has 0 aliphatic heterocycles. The van der Waals surface area contributed by atoms with Gasteiger partial charge in [-0.2, -0.15) is 5.26 Å². The number of aromatic nitrogens is 2. The van der Waals surface area contributed by atoms with Gasteiger partial charge >= 0.3 is 184 Å². The molecule has 0 saturated carbocycles. The fourth-order valence-corrected chi connectivity index (χ4v) is 8.20. The first-order chi connectivity index (χ1) is 31.2. The van der Waals surface area contributed by atoms with Crippen LogP contribution < -0.4 is 4.40 Å². The zero-order valence-electron chi connectivity index (χ0n) is 43.5. The largest absolute Gasteiger partial charge is 0 e. The summed E-state index contributed by atoms with van der Waals surface area (Å²) in [5.41, 5.74) is 4.10. The van der Waals surface area contributed by atoms with Gasteiger partial charge in [0.05, 0.1) is 13.0 Å². The Balaban J connectivity index is 0.000000243. The zero-order valence-corrected chi connectivity index (χ0v) is 34.0. The Morgan fingerprint density at radius 1 is 0.759 bits per heavy atom. The fraction of sp³-hybridized carbons (Fsp3) is 0.146. The van der Waals surface area contributed by atoms with Crippen LogP contribution in [0.3, 0.4) is 0 Å². The van der Waals surface area contributed by atoms with Gasteiger partial charge < -0.3 is 4.98 Å². The topological polar surface area (TPSA) is 62.7 Å². The van der Waals surface area contributed by atoms with Crippen molar-refractivity contribution in [3.05, 3.63) is 161 Å². The molecule has 0 unspecified atom stereocenters. The summed E-state index contributed by atoms with van der Waals surface area (Å²) in [6.45, 7) is -9.71. The minimum Gasteiger partial charge on any atom is 0 e. The number of hydrogen-bond donors (Lipinski definition) is 0. The maximum absolute atomic E-state index is 9.35. The van der Waals surface area contributed by atoms with Crippen LogP contribution in [0.25, 0.3) is 66.7 Å². The van der Waals surface area contributed by atoms with E-state index >= 15 is 0 Å². The molecule has 269 valence electrons. The molecule has 6 heteroatoms. The normalized spacial score (nSPS) is 15.8. The van der Waals surface area contributed by atoms with Gasteiger partial charge in [0, 0.05) is 34.5 Å². The van der Waals surface area contributed by atoms with Gasteiger partial charge in [-0.25, -0.2) is 0 Å². The number of fused-ring (bicyclic) bond motifs is 3. The Bertz CT molecular complexity index is 3200. The standard InChI is InChI=1S/C29H25GeN2O.C19H16N.Ir/c1-18-13-21(30(3,4)5)10-12-22(18)26-15-27(32-17-19(26)2)25-8-6-7-24-23-11-9-20(16-31)14-28(23)33-29(24)25;1-14-8-11-19(20-13-14)17-10-9-15(2)18(12-17)16-6-4-3-5-7-16;/h6-7,9-15,17H,1-5H3;3-9,11-13H,1-2H3;/q2*-1;/i1D3,2D3,12D,14D;1D3,2D3;. The third-order valence-corrected chi connectivity index (χ3v) is 13.0. The molecule has 0 aliphatic rings. The molecule has 0 bridgehead atoms. The predicted octanol–water partition coefficient (Wildman–Crippen LogP) is 12.0. The quantitative estimate of drug-likeness (QED) is 0.127. The second-order valence-electron chi connectivity index (χ2n) is 13.4. The van der Waals surface area contributed by atoms with Crippen LogP contribution in [-0.4, -0.2) is 23.2 Å². The average molecular weight is 955 g/mol. The number of aryl methyl sites for hydroxylation is 4. The van der Waals surface area contributed by atoms with Gasteiger partial charge in [-0.05, 0) is 29.7 Å². The second-order valence-corrected chi connectivity index (χ2v) is 24.1. The summed E-state index contributed by atoms with van der Waals surface area (Å²) >= 11 is -2.57. The summed E-state index contributed by atoms with van der Waals surface area (Å²) in [6.07, 6.45) is 2.50. The number of nitriles is 1. The van der Waals surface area contributed by atoms with Gasteiger partial charge in [0.15, 0.2) is 0 Å². The first-order valence-corrected chi connectivity index (χ1v) is 24.0. The van der Waals surface area contributed by atoms with E-state index in [9.17, 15) is 5.26 Å². The Labute approximate surface area is 354 Å². The van der Waals surface area contributed by atoms with E-state index in [0.717, 1.165) is 9.96 Å². The maximum atomic E-state index is 9.35. The third-order valence-electron chi connectivity index (χ3n) is 8.79. The third kappa shape index (κ3) is 8.03. The molecule has 0 aliphatic carbocycles. The van der Waals surface area contributed by atoms with E-state index in [-0.39, 0.29) is 82.4 Å². The molecule has 0 fully saturated rings. The number of benzene rings is 5. The fourth-order valence-electron chi connectivity index (χ4n) is 5.93. The number of pyridine rings is 2. The first-order valence-electron chi connectivity index (χ1n) is 23.7. The van der Waals surface area contributed by atoms with Crippen molar-refractivity contribution in [3.8, 4) is 50.8 Å². The van der Waals surface area contributed by atoms with Crippen molar-refractivity contribution in [2.45, 2.75) is 44.7 Å². The molecule has 8 rings (SSSR count). The Morgan fingerprint density at radius 2 is 1.57 bits per heavy atom. The van der Waals surface area contributed by atoms with Crippen LogP contribution in [0.5, 0.6) is 0 Å². The molecule has 0 N–H and O–H groups in total. The minimum absolute atomic E-state index is 0. The molecular formula is C48H41GeIrN3O-2. The van der Waals surface area contributed by atoms with E-state index < -0.39 is 40.7 Å². The van der Waals surface area contributed by atoms with E-state index in [2.05, 4.69) is 39.4 Å². The SMILES string of the molecule is [2H]C([2H])([2H])c1ccc(-c2[c-]cc(C([2H])([2H])[2H])c(-c3ccccc3)c2)nc1.[2H]c1c[c]([Ge]([CH3])([CH3])[CH3])cc(C([2H])([2H])[2H])c1-c1cc(-c2[c-]ccc3c2oc2c([2H])c(C#N)ccc23)ncc1C([2H])([2H])[2H].[Ir]. The monoisotopic (exact) mass is 956 g/mol. The van der Waals surface area contributed by atoms with E-state index in [0.29, 0.717) is 38.7 Å². The molecule has 54 heavy (non-hydrogen) atoms. The first kappa shape index (κ1) is 24.3. The van der Waals surface area contributed by atoms with Crippen LogP contribution in [0.2, 0.25) is 17.3 Å². The maximum Gasteiger partial charge on any atom is 0 e. The van der Waals surface area contributed by atoms with Crippen LogP contribution in [-0.2, 0) is 20.1 Å². The summed E-state index contributed by atoms with van der Waals surface area (Å²) in [5, 5.41) is 10.6. The van der Waals surface area contributed by atoms with E-state index in [4.69, 9.17) is 23.6 Å². The smallest absolute Gasteiger partial charge is 0 e.